The van der Waals surface area contributed by atoms with E-state index >= 15 is 0 Å². The number of hydrogen-bond acceptors (Lipinski definition) is 9. The molecule has 11 nitrogen and oxygen atoms in total. The van der Waals surface area contributed by atoms with E-state index in [1.54, 1.807) is 19.9 Å². The van der Waals surface area contributed by atoms with Gasteiger partial charge in [0.1, 0.15) is 28.8 Å². The second-order valence-corrected chi connectivity index (χ2v) is 7.91. The molecule has 35 heavy (non-hydrogen) atoms. The molecule has 1 unspecified atom stereocenters. The van der Waals surface area contributed by atoms with E-state index in [0.717, 1.165) is 11.0 Å². The molecule has 0 spiro atoms. The van der Waals surface area contributed by atoms with Crippen molar-refractivity contribution in [2.75, 3.05) is 23.8 Å². The number of carbonyl (C=O) groups is 4. The van der Waals surface area contributed by atoms with E-state index in [2.05, 4.69) is 9.69 Å². The number of halogens is 1. The number of nitrogens with one attached hydrogen (secondary N) is 1. The maximum absolute atomic E-state index is 15.0. The van der Waals surface area contributed by atoms with Crippen LogP contribution in [0.15, 0.2) is 40.8 Å². The zero-order valence-corrected chi connectivity index (χ0v) is 19.6. The van der Waals surface area contributed by atoms with Crippen LogP contribution in [0.2, 0.25) is 0 Å². The number of anilines is 2. The van der Waals surface area contributed by atoms with Crippen LogP contribution >= 0.6 is 11.5 Å². The minimum absolute atomic E-state index is 0.0151. The molecule has 2 heterocycles. The predicted octanol–water partition coefficient (Wildman–Crippen LogP) is 1.93. The van der Waals surface area contributed by atoms with Gasteiger partial charge in [0.05, 0.1) is 18.0 Å². The molecule has 1 aromatic carbocycles. The van der Waals surface area contributed by atoms with E-state index in [1.807, 2.05) is 0 Å². The highest BCUT2D eigenvalue weighted by Gasteiger charge is 2.39. The Labute approximate surface area is 203 Å². The molecule has 0 aliphatic rings. The van der Waals surface area contributed by atoms with Crippen molar-refractivity contribution in [3.05, 3.63) is 64.3 Å². The molecule has 3 aromatic rings. The first-order valence-electron chi connectivity index (χ1n) is 10.3. The lowest BCUT2D eigenvalue weighted by molar-refractivity contribution is -0.143. The Morgan fingerprint density at radius 1 is 1.23 bits per heavy atom. The van der Waals surface area contributed by atoms with E-state index in [9.17, 15) is 23.6 Å². The Bertz CT molecular complexity index is 1270. The number of benzene rings is 1. The third-order valence-electron chi connectivity index (χ3n) is 4.74. The van der Waals surface area contributed by atoms with Crippen LogP contribution in [0.25, 0.3) is 0 Å². The Balaban J connectivity index is 2.14. The summed E-state index contributed by atoms with van der Waals surface area (Å²) in [6, 6.07) is 6.67. The number of nitrogen functional groups attached to an aromatic ring is 1. The van der Waals surface area contributed by atoms with Crippen molar-refractivity contribution < 1.29 is 32.7 Å². The molecule has 0 aliphatic carbocycles. The Morgan fingerprint density at radius 2 is 1.94 bits per heavy atom. The predicted molar refractivity (Wildman–Crippen MR) is 124 cm³/mol. The first-order valence-corrected chi connectivity index (χ1v) is 11.1. The lowest BCUT2D eigenvalue weighted by Crippen LogP contribution is -2.45. The number of hydrogen-bond donors (Lipinski definition) is 3. The lowest BCUT2D eigenvalue weighted by atomic mass is 10.1. The number of ether oxygens (including phenoxy) is 1. The van der Waals surface area contributed by atoms with Gasteiger partial charge in [0.25, 0.3) is 17.7 Å². The van der Waals surface area contributed by atoms with E-state index in [-0.39, 0.29) is 34.3 Å². The number of carbonyl (C=O) groups excluding carboxylic acids is 4. The highest BCUT2D eigenvalue weighted by atomic mass is 32.1. The number of furan rings is 1. The molecule has 0 fully saturated rings. The Morgan fingerprint density at radius 3 is 2.51 bits per heavy atom. The summed E-state index contributed by atoms with van der Waals surface area (Å²) in [5, 5.41) is 2.38. The number of amides is 3. The van der Waals surface area contributed by atoms with Crippen LogP contribution in [0, 0.1) is 12.7 Å². The van der Waals surface area contributed by atoms with Gasteiger partial charge in [0.2, 0.25) is 0 Å². The maximum Gasteiger partial charge on any atom is 0.325 e. The van der Waals surface area contributed by atoms with E-state index in [1.165, 1.54) is 24.3 Å². The molecular weight excluding hydrogens is 481 g/mol. The van der Waals surface area contributed by atoms with Gasteiger partial charge < -0.3 is 25.9 Å². The number of aromatic nitrogens is 1. The van der Waals surface area contributed by atoms with Gasteiger partial charge in [-0.15, -0.1) is 0 Å². The molecule has 0 saturated carbocycles. The lowest BCUT2D eigenvalue weighted by Gasteiger charge is -2.29. The summed E-state index contributed by atoms with van der Waals surface area (Å²) in [4.78, 5) is 51.0. The molecule has 13 heteroatoms. The van der Waals surface area contributed by atoms with E-state index in [4.69, 9.17) is 20.6 Å². The maximum atomic E-state index is 15.0. The largest absolute Gasteiger partial charge is 0.465 e. The van der Waals surface area contributed by atoms with Gasteiger partial charge in [0, 0.05) is 0 Å². The van der Waals surface area contributed by atoms with Gasteiger partial charge in [-0.1, -0.05) is 12.1 Å². The van der Waals surface area contributed by atoms with Crippen molar-refractivity contribution in [3.8, 4) is 0 Å². The first-order chi connectivity index (χ1) is 16.6. The van der Waals surface area contributed by atoms with Gasteiger partial charge >= 0.3 is 5.97 Å². The number of primary amides is 1. The number of esters is 1. The minimum Gasteiger partial charge on any atom is -0.465 e. The van der Waals surface area contributed by atoms with Crippen molar-refractivity contribution in [3.63, 3.8) is 0 Å². The highest BCUT2D eigenvalue weighted by molar-refractivity contribution is 7.09. The zero-order chi connectivity index (χ0) is 25.7. The summed E-state index contributed by atoms with van der Waals surface area (Å²) in [6.07, 6.45) is 0. The summed E-state index contributed by atoms with van der Waals surface area (Å²) < 4.78 is 29.2. The second-order valence-electron chi connectivity index (χ2n) is 7.14. The number of para-hydroxylation sites is 1. The van der Waals surface area contributed by atoms with Crippen LogP contribution in [-0.2, 0) is 14.3 Å². The van der Waals surface area contributed by atoms with Gasteiger partial charge in [-0.05, 0) is 49.6 Å². The zero-order valence-electron chi connectivity index (χ0n) is 18.7. The van der Waals surface area contributed by atoms with E-state index in [0.29, 0.717) is 17.3 Å². The fourth-order valence-corrected chi connectivity index (χ4v) is 3.94. The molecule has 3 rings (SSSR count). The summed E-state index contributed by atoms with van der Waals surface area (Å²) in [5.74, 6) is -3.90. The van der Waals surface area contributed by atoms with Crippen molar-refractivity contribution in [2.24, 2.45) is 5.73 Å². The van der Waals surface area contributed by atoms with E-state index < -0.39 is 42.1 Å². The van der Waals surface area contributed by atoms with Crippen molar-refractivity contribution in [1.82, 2.24) is 9.69 Å². The molecular formula is C22H22FN5O6S. The number of nitrogens with two attached hydrogens (primary N) is 2. The number of rotatable bonds is 9. The van der Waals surface area contributed by atoms with Crippen LogP contribution in [-0.4, -0.2) is 41.2 Å². The van der Waals surface area contributed by atoms with Crippen molar-refractivity contribution in [1.29, 1.82) is 0 Å². The van der Waals surface area contributed by atoms with Gasteiger partial charge in [-0.25, -0.2) is 4.39 Å². The topological polar surface area (TPSA) is 171 Å². The number of nitrogens with zero attached hydrogens (tertiary/aromatic N) is 2. The molecule has 0 bridgehead atoms. The molecule has 3 amide bonds. The third-order valence-corrected chi connectivity index (χ3v) is 5.59. The SMILES string of the molecule is CCOC(=O)CNC(=O)C(c1ccc(C)o1)N(C(=O)c1snc(C(N)=O)c1N)c1ccccc1F. The standard InChI is InChI=1S/C22H22FN5O6S/c1-3-33-15(29)10-26-21(31)18(14-9-8-11(2)34-14)28(13-7-5-4-6-12(13)23)22(32)19-16(24)17(20(25)30)27-35-19/h4-9,18H,3,10,24H2,1-2H3,(H2,25,30)(H,26,31). The smallest absolute Gasteiger partial charge is 0.325 e. The normalized spacial score (nSPS) is 11.5. The minimum atomic E-state index is -1.57. The number of aryl methyl sites for hydroxylation is 1. The summed E-state index contributed by atoms with van der Waals surface area (Å²) >= 11 is 0.570. The van der Waals surface area contributed by atoms with Gasteiger partial charge in [0.15, 0.2) is 11.7 Å². The Kier molecular flexibility index (Phi) is 7.81. The molecule has 5 N–H and O–H groups in total. The fourth-order valence-electron chi connectivity index (χ4n) is 3.19. The van der Waals surface area contributed by atoms with Crippen LogP contribution in [0.3, 0.4) is 0 Å². The fraction of sp³-hybridized carbons (Fsp3) is 0.227. The molecule has 184 valence electrons. The van der Waals surface area contributed by atoms with Crippen molar-refractivity contribution in [2.45, 2.75) is 19.9 Å². The molecule has 0 radical (unpaired) electrons. The average Bonchev–Trinajstić information content (AvgIpc) is 3.41. The Hall–Kier alpha value is -4.26. The molecule has 1 atom stereocenters. The van der Waals surface area contributed by atoms with Crippen LogP contribution in [0.5, 0.6) is 0 Å². The van der Waals surface area contributed by atoms with Crippen LogP contribution < -0.4 is 21.7 Å². The van der Waals surface area contributed by atoms with Gasteiger partial charge in [-0.3, -0.25) is 24.1 Å². The van der Waals surface area contributed by atoms with Crippen molar-refractivity contribution >= 4 is 46.6 Å². The van der Waals surface area contributed by atoms with Crippen LogP contribution in [0.4, 0.5) is 15.8 Å². The monoisotopic (exact) mass is 503 g/mol. The summed E-state index contributed by atoms with van der Waals surface area (Å²) in [6.45, 7) is 2.82. The molecule has 0 saturated heterocycles. The third kappa shape index (κ3) is 5.46. The summed E-state index contributed by atoms with van der Waals surface area (Å²) in [7, 11) is 0. The first kappa shape index (κ1) is 25.4. The second kappa shape index (κ2) is 10.8. The average molecular weight is 504 g/mol. The quantitative estimate of drug-likeness (QED) is 0.372. The molecule has 0 aliphatic heterocycles. The summed E-state index contributed by atoms with van der Waals surface area (Å²) in [5.41, 5.74) is 10.3. The van der Waals surface area contributed by atoms with Crippen LogP contribution in [0.1, 0.15) is 44.6 Å². The highest BCUT2D eigenvalue weighted by Crippen LogP contribution is 2.34. The molecule has 2 aromatic heterocycles. The van der Waals surface area contributed by atoms with Gasteiger partial charge in [-0.2, -0.15) is 4.37 Å².